The molecule has 2 aromatic rings. The molecule has 0 aromatic heterocycles. The van der Waals surface area contributed by atoms with E-state index < -0.39 is 0 Å². The summed E-state index contributed by atoms with van der Waals surface area (Å²) >= 11 is 5.94. The van der Waals surface area contributed by atoms with Gasteiger partial charge in [-0.05, 0) is 35.7 Å². The molecule has 0 bridgehead atoms. The van der Waals surface area contributed by atoms with Gasteiger partial charge in [0.15, 0.2) is 0 Å². The Morgan fingerprint density at radius 2 is 1.82 bits per heavy atom. The van der Waals surface area contributed by atoms with Crippen molar-refractivity contribution >= 4 is 11.6 Å². The molecule has 0 heterocycles. The first-order valence-corrected chi connectivity index (χ1v) is 5.78. The predicted octanol–water partition coefficient (Wildman–Crippen LogP) is 3.48. The minimum Gasteiger partial charge on any atom is -0.507 e. The molecule has 0 spiro atoms. The molecule has 0 saturated carbocycles. The summed E-state index contributed by atoms with van der Waals surface area (Å²) in [6.07, 6.45) is 0. The average molecular weight is 248 g/mol. The fourth-order valence-electron chi connectivity index (χ4n) is 1.72. The van der Waals surface area contributed by atoms with Crippen LogP contribution < -0.4 is 5.73 Å². The van der Waals surface area contributed by atoms with Crippen molar-refractivity contribution in [2.24, 2.45) is 5.73 Å². The summed E-state index contributed by atoms with van der Waals surface area (Å²) in [7, 11) is 0. The summed E-state index contributed by atoms with van der Waals surface area (Å²) in [6.45, 7) is 2.44. The van der Waals surface area contributed by atoms with Crippen molar-refractivity contribution in [2.45, 2.75) is 13.5 Å². The van der Waals surface area contributed by atoms with E-state index in [4.69, 9.17) is 17.3 Å². The van der Waals surface area contributed by atoms with E-state index in [1.165, 1.54) is 0 Å². The highest BCUT2D eigenvalue weighted by atomic mass is 35.5. The molecule has 3 heteroatoms. The number of phenolic OH excluding ortho intramolecular Hbond substituents is 1. The van der Waals surface area contributed by atoms with E-state index in [0.717, 1.165) is 22.3 Å². The third-order valence-corrected chi connectivity index (χ3v) is 3.18. The van der Waals surface area contributed by atoms with E-state index in [1.54, 1.807) is 6.07 Å². The van der Waals surface area contributed by atoms with Crippen molar-refractivity contribution < 1.29 is 5.11 Å². The van der Waals surface area contributed by atoms with Gasteiger partial charge in [0.1, 0.15) is 5.75 Å². The Morgan fingerprint density at radius 3 is 2.41 bits per heavy atom. The number of aryl methyl sites for hydroxylation is 1. The molecule has 2 aromatic carbocycles. The number of benzene rings is 2. The van der Waals surface area contributed by atoms with Gasteiger partial charge >= 0.3 is 0 Å². The molecule has 2 rings (SSSR count). The maximum atomic E-state index is 9.89. The van der Waals surface area contributed by atoms with E-state index in [0.29, 0.717) is 11.6 Å². The van der Waals surface area contributed by atoms with Gasteiger partial charge in [0, 0.05) is 17.1 Å². The number of phenols is 1. The van der Waals surface area contributed by atoms with Crippen molar-refractivity contribution in [1.82, 2.24) is 0 Å². The molecule has 0 aliphatic carbocycles. The van der Waals surface area contributed by atoms with Crippen molar-refractivity contribution in [3.63, 3.8) is 0 Å². The molecule has 88 valence electrons. The van der Waals surface area contributed by atoms with Gasteiger partial charge < -0.3 is 10.8 Å². The zero-order valence-electron chi connectivity index (χ0n) is 9.57. The Bertz CT molecular complexity index is 535. The largest absolute Gasteiger partial charge is 0.507 e. The van der Waals surface area contributed by atoms with Crippen LogP contribution in [0.15, 0.2) is 36.4 Å². The molecule has 0 radical (unpaired) electrons. The maximum Gasteiger partial charge on any atom is 0.124 e. The van der Waals surface area contributed by atoms with Crippen molar-refractivity contribution in [1.29, 1.82) is 0 Å². The Morgan fingerprint density at radius 1 is 1.18 bits per heavy atom. The SMILES string of the molecule is Cc1cc(-c2ccc(CN)cc2)c(O)cc1Cl. The molecular formula is C14H14ClNO. The summed E-state index contributed by atoms with van der Waals surface area (Å²) in [6, 6.07) is 11.3. The normalized spacial score (nSPS) is 10.5. The van der Waals surface area contributed by atoms with E-state index in [-0.39, 0.29) is 5.75 Å². The van der Waals surface area contributed by atoms with Crippen LogP contribution in [-0.4, -0.2) is 5.11 Å². The van der Waals surface area contributed by atoms with Crippen molar-refractivity contribution in [3.8, 4) is 16.9 Å². The number of hydrogen-bond donors (Lipinski definition) is 2. The van der Waals surface area contributed by atoms with Crippen LogP contribution in [0.4, 0.5) is 0 Å². The second-order valence-electron chi connectivity index (χ2n) is 4.02. The molecular weight excluding hydrogens is 234 g/mol. The highest BCUT2D eigenvalue weighted by Gasteiger charge is 2.07. The highest BCUT2D eigenvalue weighted by molar-refractivity contribution is 6.31. The van der Waals surface area contributed by atoms with E-state index >= 15 is 0 Å². The van der Waals surface area contributed by atoms with Gasteiger partial charge in [-0.15, -0.1) is 0 Å². The molecule has 0 fully saturated rings. The quantitative estimate of drug-likeness (QED) is 0.854. The van der Waals surface area contributed by atoms with Crippen LogP contribution in [0.1, 0.15) is 11.1 Å². The van der Waals surface area contributed by atoms with Crippen LogP contribution in [-0.2, 0) is 6.54 Å². The Hall–Kier alpha value is -1.51. The Balaban J connectivity index is 2.48. The molecule has 0 atom stereocenters. The van der Waals surface area contributed by atoms with Gasteiger partial charge in [0.2, 0.25) is 0 Å². The topological polar surface area (TPSA) is 46.2 Å². The van der Waals surface area contributed by atoms with Gasteiger partial charge in [0.25, 0.3) is 0 Å². The van der Waals surface area contributed by atoms with Crippen LogP contribution in [0, 0.1) is 6.92 Å². The molecule has 3 N–H and O–H groups in total. The molecule has 0 unspecified atom stereocenters. The predicted molar refractivity (Wildman–Crippen MR) is 71.2 cm³/mol. The maximum absolute atomic E-state index is 9.89. The minimum absolute atomic E-state index is 0.195. The molecule has 17 heavy (non-hydrogen) atoms. The fourth-order valence-corrected chi connectivity index (χ4v) is 1.88. The minimum atomic E-state index is 0.195. The average Bonchev–Trinajstić information content (AvgIpc) is 2.34. The Kier molecular flexibility index (Phi) is 3.36. The van der Waals surface area contributed by atoms with Crippen LogP contribution in [0.5, 0.6) is 5.75 Å². The smallest absolute Gasteiger partial charge is 0.124 e. The Labute approximate surface area is 106 Å². The monoisotopic (exact) mass is 247 g/mol. The molecule has 0 aliphatic rings. The van der Waals surface area contributed by atoms with Gasteiger partial charge in [0.05, 0.1) is 0 Å². The molecule has 0 amide bonds. The van der Waals surface area contributed by atoms with Crippen LogP contribution in [0.3, 0.4) is 0 Å². The van der Waals surface area contributed by atoms with Crippen LogP contribution in [0.25, 0.3) is 11.1 Å². The molecule has 0 aliphatic heterocycles. The lowest BCUT2D eigenvalue weighted by Gasteiger charge is -2.08. The summed E-state index contributed by atoms with van der Waals surface area (Å²) in [5.74, 6) is 0.195. The zero-order valence-corrected chi connectivity index (χ0v) is 10.3. The van der Waals surface area contributed by atoms with Crippen LogP contribution in [0.2, 0.25) is 5.02 Å². The lowest BCUT2D eigenvalue weighted by molar-refractivity contribution is 0.477. The highest BCUT2D eigenvalue weighted by Crippen LogP contribution is 2.33. The summed E-state index contributed by atoms with van der Waals surface area (Å²) < 4.78 is 0. The second-order valence-corrected chi connectivity index (χ2v) is 4.43. The van der Waals surface area contributed by atoms with Crippen molar-refractivity contribution in [2.75, 3.05) is 0 Å². The number of halogens is 1. The standard InChI is InChI=1S/C14H14ClNO/c1-9-6-12(14(17)7-13(9)15)11-4-2-10(8-16)3-5-11/h2-7,17H,8,16H2,1H3. The molecule has 0 saturated heterocycles. The van der Waals surface area contributed by atoms with E-state index in [2.05, 4.69) is 0 Å². The second kappa shape index (κ2) is 4.78. The number of aromatic hydroxyl groups is 1. The van der Waals surface area contributed by atoms with Gasteiger partial charge in [-0.1, -0.05) is 35.9 Å². The third kappa shape index (κ3) is 2.43. The third-order valence-electron chi connectivity index (χ3n) is 2.78. The number of nitrogens with two attached hydrogens (primary N) is 1. The molecule has 2 nitrogen and oxygen atoms in total. The van der Waals surface area contributed by atoms with E-state index in [9.17, 15) is 5.11 Å². The number of rotatable bonds is 2. The first-order chi connectivity index (χ1) is 8.11. The van der Waals surface area contributed by atoms with Crippen molar-refractivity contribution in [3.05, 3.63) is 52.5 Å². The van der Waals surface area contributed by atoms with Gasteiger partial charge in [-0.2, -0.15) is 0 Å². The summed E-state index contributed by atoms with van der Waals surface area (Å²) in [5, 5.41) is 10.5. The van der Waals surface area contributed by atoms with E-state index in [1.807, 2.05) is 37.3 Å². The first-order valence-electron chi connectivity index (χ1n) is 5.40. The van der Waals surface area contributed by atoms with Crippen LogP contribution >= 0.6 is 11.6 Å². The summed E-state index contributed by atoms with van der Waals surface area (Å²) in [5.41, 5.74) is 9.31. The van der Waals surface area contributed by atoms with Gasteiger partial charge in [-0.3, -0.25) is 0 Å². The summed E-state index contributed by atoms with van der Waals surface area (Å²) in [4.78, 5) is 0. The first kappa shape index (κ1) is 12.0. The lowest BCUT2D eigenvalue weighted by Crippen LogP contribution is -1.95. The number of hydrogen-bond acceptors (Lipinski definition) is 2. The zero-order chi connectivity index (χ0) is 12.4. The lowest BCUT2D eigenvalue weighted by atomic mass is 10.0. The van der Waals surface area contributed by atoms with Gasteiger partial charge in [-0.25, -0.2) is 0 Å². The fraction of sp³-hybridized carbons (Fsp3) is 0.143.